The van der Waals surface area contributed by atoms with Gasteiger partial charge in [-0.05, 0) is 30.5 Å². The lowest BCUT2D eigenvalue weighted by atomic mass is 10.1. The van der Waals surface area contributed by atoms with E-state index in [0.29, 0.717) is 11.6 Å². The largest absolute Gasteiger partial charge is 0.478 e. The summed E-state index contributed by atoms with van der Waals surface area (Å²) in [6.45, 7) is 0.770. The van der Waals surface area contributed by atoms with Gasteiger partial charge in [-0.15, -0.1) is 0 Å². The zero-order chi connectivity index (χ0) is 9.97. The molecule has 0 saturated heterocycles. The summed E-state index contributed by atoms with van der Waals surface area (Å²) >= 11 is 0. The highest BCUT2D eigenvalue weighted by atomic mass is 16.4. The van der Waals surface area contributed by atoms with Gasteiger partial charge in [0.15, 0.2) is 0 Å². The Labute approximate surface area is 82.8 Å². The summed E-state index contributed by atoms with van der Waals surface area (Å²) < 4.78 is 0. The van der Waals surface area contributed by atoms with Crippen molar-refractivity contribution in [2.24, 2.45) is 0 Å². The highest BCUT2D eigenvalue weighted by molar-refractivity contribution is 5.87. The topological polar surface area (TPSA) is 49.3 Å². The van der Waals surface area contributed by atoms with Gasteiger partial charge in [-0.2, -0.15) is 0 Å². The van der Waals surface area contributed by atoms with Crippen LogP contribution >= 0.6 is 0 Å². The zero-order valence-corrected chi connectivity index (χ0v) is 7.86. The number of rotatable bonds is 4. The maximum absolute atomic E-state index is 10.7. The van der Waals surface area contributed by atoms with Crippen LogP contribution in [0.25, 0.3) is 0 Å². The molecule has 3 heteroatoms. The molecule has 1 aromatic carbocycles. The van der Waals surface area contributed by atoms with E-state index in [1.807, 2.05) is 6.07 Å². The summed E-state index contributed by atoms with van der Waals surface area (Å²) in [5.74, 6) is -0.863. The van der Waals surface area contributed by atoms with E-state index in [-0.39, 0.29) is 0 Å². The molecule has 0 spiro atoms. The summed E-state index contributed by atoms with van der Waals surface area (Å²) in [5, 5.41) is 12.1. The fourth-order valence-electron chi connectivity index (χ4n) is 1.36. The van der Waals surface area contributed by atoms with E-state index in [1.54, 1.807) is 18.2 Å². The quantitative estimate of drug-likeness (QED) is 0.760. The van der Waals surface area contributed by atoms with E-state index in [0.717, 1.165) is 12.1 Å². The summed E-state index contributed by atoms with van der Waals surface area (Å²) in [6.07, 6.45) is 2.50. The van der Waals surface area contributed by atoms with Crippen LogP contribution in [0.15, 0.2) is 24.3 Å². The minimum absolute atomic E-state index is 0.361. The van der Waals surface area contributed by atoms with Gasteiger partial charge in [0.25, 0.3) is 0 Å². The fourth-order valence-corrected chi connectivity index (χ4v) is 1.36. The first-order chi connectivity index (χ1) is 6.75. The van der Waals surface area contributed by atoms with Gasteiger partial charge in [-0.25, -0.2) is 4.79 Å². The maximum Gasteiger partial charge on any atom is 0.335 e. The number of benzene rings is 1. The molecule has 1 saturated carbocycles. The highest BCUT2D eigenvalue weighted by Gasteiger charge is 2.19. The third kappa shape index (κ3) is 2.33. The number of aromatic carboxylic acids is 1. The average molecular weight is 191 g/mol. The first kappa shape index (κ1) is 9.21. The zero-order valence-electron chi connectivity index (χ0n) is 7.86. The van der Waals surface area contributed by atoms with E-state index in [4.69, 9.17) is 5.11 Å². The molecule has 3 nitrogen and oxygen atoms in total. The van der Waals surface area contributed by atoms with Crippen molar-refractivity contribution in [2.75, 3.05) is 0 Å². The summed E-state index contributed by atoms with van der Waals surface area (Å²) in [4.78, 5) is 10.7. The molecule has 1 aliphatic carbocycles. The van der Waals surface area contributed by atoms with Crippen molar-refractivity contribution in [1.29, 1.82) is 0 Å². The molecule has 0 amide bonds. The van der Waals surface area contributed by atoms with E-state index in [9.17, 15) is 4.79 Å². The van der Waals surface area contributed by atoms with Gasteiger partial charge < -0.3 is 10.4 Å². The SMILES string of the molecule is O=C(O)c1cccc(CNC2CC2)c1. The standard InChI is InChI=1S/C11H13NO2/c13-11(14)9-3-1-2-8(6-9)7-12-10-4-5-10/h1-3,6,10,12H,4-5,7H2,(H,13,14). The summed E-state index contributed by atoms with van der Waals surface area (Å²) in [5.41, 5.74) is 1.40. The first-order valence-corrected chi connectivity index (χ1v) is 4.81. The Morgan fingerprint density at radius 2 is 2.29 bits per heavy atom. The van der Waals surface area contributed by atoms with E-state index in [2.05, 4.69) is 5.32 Å². The van der Waals surface area contributed by atoms with Crippen LogP contribution in [-0.2, 0) is 6.54 Å². The molecule has 1 aromatic rings. The van der Waals surface area contributed by atoms with Crippen molar-refractivity contribution in [1.82, 2.24) is 5.32 Å². The van der Waals surface area contributed by atoms with Gasteiger partial charge in [0.2, 0.25) is 0 Å². The first-order valence-electron chi connectivity index (χ1n) is 4.81. The van der Waals surface area contributed by atoms with Crippen molar-refractivity contribution in [3.05, 3.63) is 35.4 Å². The molecular formula is C11H13NO2. The third-order valence-electron chi connectivity index (χ3n) is 2.35. The molecule has 1 fully saturated rings. The fraction of sp³-hybridized carbons (Fsp3) is 0.364. The molecule has 74 valence electrons. The van der Waals surface area contributed by atoms with Crippen LogP contribution in [0, 0.1) is 0 Å². The van der Waals surface area contributed by atoms with Crippen molar-refractivity contribution >= 4 is 5.97 Å². The van der Waals surface area contributed by atoms with Crippen molar-refractivity contribution in [2.45, 2.75) is 25.4 Å². The molecular weight excluding hydrogens is 178 g/mol. The maximum atomic E-state index is 10.7. The molecule has 0 aromatic heterocycles. The Kier molecular flexibility index (Phi) is 2.50. The molecule has 14 heavy (non-hydrogen) atoms. The van der Waals surface area contributed by atoms with Crippen molar-refractivity contribution < 1.29 is 9.90 Å². The number of carboxylic acid groups (broad SMARTS) is 1. The molecule has 1 aliphatic rings. The van der Waals surface area contributed by atoms with Crippen LogP contribution < -0.4 is 5.32 Å². The molecule has 0 atom stereocenters. The average Bonchev–Trinajstić information content (AvgIpc) is 2.99. The van der Waals surface area contributed by atoms with Crippen LogP contribution in [0.4, 0.5) is 0 Å². The monoisotopic (exact) mass is 191 g/mol. The number of nitrogens with one attached hydrogen (secondary N) is 1. The van der Waals surface area contributed by atoms with E-state index < -0.39 is 5.97 Å². The number of hydrogen-bond acceptors (Lipinski definition) is 2. The number of carboxylic acids is 1. The van der Waals surface area contributed by atoms with Crippen LogP contribution in [0.2, 0.25) is 0 Å². The summed E-state index contributed by atoms with van der Waals surface area (Å²) in [7, 11) is 0. The molecule has 0 aliphatic heterocycles. The molecule has 0 radical (unpaired) electrons. The Bertz CT molecular complexity index is 345. The molecule has 2 N–H and O–H groups in total. The van der Waals surface area contributed by atoms with Crippen LogP contribution in [0.5, 0.6) is 0 Å². The Balaban J connectivity index is 2.01. The van der Waals surface area contributed by atoms with Gasteiger partial charge in [-0.1, -0.05) is 12.1 Å². The van der Waals surface area contributed by atoms with Gasteiger partial charge in [-0.3, -0.25) is 0 Å². The molecule has 0 unspecified atom stereocenters. The second-order valence-electron chi connectivity index (χ2n) is 3.66. The lowest BCUT2D eigenvalue weighted by Crippen LogP contribution is -2.15. The summed E-state index contributed by atoms with van der Waals surface area (Å²) in [6, 6.07) is 7.72. The van der Waals surface area contributed by atoms with E-state index >= 15 is 0 Å². The second-order valence-corrected chi connectivity index (χ2v) is 3.66. The van der Waals surface area contributed by atoms with Gasteiger partial charge >= 0.3 is 5.97 Å². The number of carbonyl (C=O) groups is 1. The predicted molar refractivity (Wildman–Crippen MR) is 53.3 cm³/mol. The Morgan fingerprint density at radius 3 is 2.93 bits per heavy atom. The Morgan fingerprint density at radius 1 is 1.50 bits per heavy atom. The lowest BCUT2D eigenvalue weighted by molar-refractivity contribution is 0.0697. The van der Waals surface area contributed by atoms with Gasteiger partial charge in [0.05, 0.1) is 5.56 Å². The van der Waals surface area contributed by atoms with E-state index in [1.165, 1.54) is 12.8 Å². The minimum Gasteiger partial charge on any atom is -0.478 e. The lowest BCUT2D eigenvalue weighted by Gasteiger charge is -2.03. The predicted octanol–water partition coefficient (Wildman–Crippen LogP) is 1.64. The van der Waals surface area contributed by atoms with Crippen LogP contribution in [0.1, 0.15) is 28.8 Å². The number of hydrogen-bond donors (Lipinski definition) is 2. The molecule has 0 heterocycles. The van der Waals surface area contributed by atoms with Gasteiger partial charge in [0, 0.05) is 12.6 Å². The van der Waals surface area contributed by atoms with Gasteiger partial charge in [0.1, 0.15) is 0 Å². The highest BCUT2D eigenvalue weighted by Crippen LogP contribution is 2.19. The van der Waals surface area contributed by atoms with Crippen LogP contribution in [0.3, 0.4) is 0 Å². The third-order valence-corrected chi connectivity index (χ3v) is 2.35. The molecule has 0 bridgehead atoms. The van der Waals surface area contributed by atoms with Crippen LogP contribution in [-0.4, -0.2) is 17.1 Å². The normalized spacial score (nSPS) is 15.4. The van der Waals surface area contributed by atoms with Crippen molar-refractivity contribution in [3.63, 3.8) is 0 Å². The Hall–Kier alpha value is -1.35. The smallest absolute Gasteiger partial charge is 0.335 e. The molecule has 2 rings (SSSR count). The second kappa shape index (κ2) is 3.80. The minimum atomic E-state index is -0.863. The van der Waals surface area contributed by atoms with Crippen molar-refractivity contribution in [3.8, 4) is 0 Å².